The van der Waals surface area contributed by atoms with Gasteiger partial charge in [0, 0.05) is 6.08 Å². The molecule has 0 aromatic heterocycles. The first-order chi connectivity index (χ1) is 11.5. The molecule has 1 N–H and O–H groups in total. The molecule has 0 bridgehead atoms. The highest BCUT2D eigenvalue weighted by Gasteiger charge is 2.37. The van der Waals surface area contributed by atoms with E-state index in [1.807, 2.05) is 24.3 Å². The Labute approximate surface area is 151 Å². The van der Waals surface area contributed by atoms with Crippen LogP contribution < -0.4 is 10.1 Å². The minimum absolute atomic E-state index is 0.0274. The van der Waals surface area contributed by atoms with Crippen LogP contribution >= 0.6 is 0 Å². The summed E-state index contributed by atoms with van der Waals surface area (Å²) in [5.74, 6) is 0.321. The summed E-state index contributed by atoms with van der Waals surface area (Å²) in [6.07, 6.45) is 3.09. The molecule has 6 heteroatoms. The molecule has 138 valence electrons. The van der Waals surface area contributed by atoms with E-state index in [1.54, 1.807) is 13.2 Å². The van der Waals surface area contributed by atoms with Crippen molar-refractivity contribution in [2.45, 2.75) is 38.9 Å². The van der Waals surface area contributed by atoms with E-state index in [0.717, 1.165) is 11.3 Å². The molecule has 0 radical (unpaired) electrons. The Balaban J connectivity index is 2.40. The van der Waals surface area contributed by atoms with Gasteiger partial charge in [0.1, 0.15) is 5.75 Å². The highest BCUT2D eigenvalue weighted by Crippen LogP contribution is 2.36. The second-order valence-corrected chi connectivity index (χ2v) is 12.2. The van der Waals surface area contributed by atoms with Crippen molar-refractivity contribution in [3.8, 4) is 5.75 Å². The first-order valence-electron chi connectivity index (χ1n) is 8.31. The first kappa shape index (κ1) is 21.1. The second-order valence-electron chi connectivity index (χ2n) is 7.41. The summed E-state index contributed by atoms with van der Waals surface area (Å²) in [5.41, 5.74) is 0.878. The number of methoxy groups -OCH3 is 1. The van der Waals surface area contributed by atoms with Crippen LogP contribution in [0.15, 0.2) is 30.3 Å². The minimum atomic E-state index is -1.95. The molecule has 1 aromatic carbocycles. The molecule has 25 heavy (non-hydrogen) atoms. The number of carbonyl (C=O) groups is 2. The smallest absolute Gasteiger partial charge is 0.244 e. The second kappa shape index (κ2) is 8.96. The number of amides is 1. The molecule has 0 spiro atoms. The number of Topliss-reactive ketones (excluding diaryl/α,β-unsaturated/α-hetero) is 1. The molecule has 1 rings (SSSR count). The van der Waals surface area contributed by atoms with E-state index >= 15 is 0 Å². The number of carbonyl (C=O) groups excluding carboxylic acids is 2. The van der Waals surface area contributed by atoms with Crippen molar-refractivity contribution in [3.05, 3.63) is 35.9 Å². The van der Waals surface area contributed by atoms with Crippen molar-refractivity contribution >= 4 is 26.1 Å². The van der Waals surface area contributed by atoms with Crippen LogP contribution in [0.25, 0.3) is 6.08 Å². The van der Waals surface area contributed by atoms with Crippen molar-refractivity contribution in [3.63, 3.8) is 0 Å². The van der Waals surface area contributed by atoms with Crippen molar-refractivity contribution in [2.75, 3.05) is 20.3 Å². The highest BCUT2D eigenvalue weighted by molar-refractivity contribution is 6.74. The fraction of sp³-hybridized carbons (Fsp3) is 0.474. The molecule has 0 fully saturated rings. The average Bonchev–Trinajstić information content (AvgIpc) is 2.55. The van der Waals surface area contributed by atoms with Crippen molar-refractivity contribution in [2.24, 2.45) is 0 Å². The summed E-state index contributed by atoms with van der Waals surface area (Å²) < 4.78 is 10.9. The van der Waals surface area contributed by atoms with Gasteiger partial charge in [0.15, 0.2) is 14.1 Å². The SMILES string of the molecule is COc1ccc(C=CC(=O)NCC(=O)CO[Si](C)(C)C(C)(C)C)cc1. The maximum absolute atomic E-state index is 11.9. The quantitative estimate of drug-likeness (QED) is 0.568. The lowest BCUT2D eigenvalue weighted by Gasteiger charge is -2.35. The number of rotatable bonds is 8. The first-order valence-corrected chi connectivity index (χ1v) is 11.2. The average molecular weight is 364 g/mol. The molecule has 0 unspecified atom stereocenters. The van der Waals surface area contributed by atoms with Crippen LogP contribution in [0.4, 0.5) is 0 Å². The third-order valence-electron chi connectivity index (χ3n) is 4.40. The Morgan fingerprint density at radius 2 is 1.76 bits per heavy atom. The Kier molecular flexibility index (Phi) is 7.57. The Hall–Kier alpha value is -1.92. The van der Waals surface area contributed by atoms with Crippen LogP contribution in [0.1, 0.15) is 26.3 Å². The van der Waals surface area contributed by atoms with Crippen LogP contribution in [-0.2, 0) is 14.0 Å². The van der Waals surface area contributed by atoms with E-state index in [-0.39, 0.29) is 29.9 Å². The van der Waals surface area contributed by atoms with E-state index in [9.17, 15) is 9.59 Å². The number of hydrogen-bond acceptors (Lipinski definition) is 4. The molecular formula is C19H29NO4Si. The van der Waals surface area contributed by atoms with Gasteiger partial charge >= 0.3 is 0 Å². The Morgan fingerprint density at radius 1 is 1.16 bits per heavy atom. The van der Waals surface area contributed by atoms with Crippen molar-refractivity contribution in [1.29, 1.82) is 0 Å². The normalized spacial score (nSPS) is 12.2. The summed E-state index contributed by atoms with van der Waals surface area (Å²) >= 11 is 0. The van der Waals surface area contributed by atoms with Crippen LogP contribution in [0.3, 0.4) is 0 Å². The molecule has 0 atom stereocenters. The highest BCUT2D eigenvalue weighted by atomic mass is 28.4. The van der Waals surface area contributed by atoms with Gasteiger partial charge < -0.3 is 14.5 Å². The van der Waals surface area contributed by atoms with E-state index in [1.165, 1.54) is 6.08 Å². The molecule has 0 saturated heterocycles. The summed E-state index contributed by atoms with van der Waals surface area (Å²) in [4.78, 5) is 23.7. The topological polar surface area (TPSA) is 64.6 Å². The van der Waals surface area contributed by atoms with Gasteiger partial charge in [-0.3, -0.25) is 9.59 Å². The maximum Gasteiger partial charge on any atom is 0.244 e. The lowest BCUT2D eigenvalue weighted by atomic mass is 10.2. The predicted octanol–water partition coefficient (Wildman–Crippen LogP) is 3.42. The number of ketones is 1. The zero-order valence-corrected chi connectivity index (χ0v) is 17.0. The lowest BCUT2D eigenvalue weighted by Crippen LogP contribution is -2.43. The fourth-order valence-corrected chi connectivity index (χ4v) is 2.61. The summed E-state index contributed by atoms with van der Waals surface area (Å²) in [5, 5.41) is 2.64. The minimum Gasteiger partial charge on any atom is -0.497 e. The Morgan fingerprint density at radius 3 is 2.28 bits per heavy atom. The van der Waals surface area contributed by atoms with Crippen LogP contribution in [-0.4, -0.2) is 40.3 Å². The van der Waals surface area contributed by atoms with Gasteiger partial charge in [-0.25, -0.2) is 0 Å². The van der Waals surface area contributed by atoms with Gasteiger partial charge in [0.05, 0.1) is 20.3 Å². The lowest BCUT2D eigenvalue weighted by molar-refractivity contribution is -0.124. The summed E-state index contributed by atoms with van der Waals surface area (Å²) in [6.45, 7) is 10.6. The Bertz CT molecular complexity index is 615. The van der Waals surface area contributed by atoms with Gasteiger partial charge in [-0.2, -0.15) is 0 Å². The maximum atomic E-state index is 11.9. The van der Waals surface area contributed by atoms with Crippen LogP contribution in [0.5, 0.6) is 5.75 Å². The zero-order valence-electron chi connectivity index (χ0n) is 16.0. The molecule has 1 aromatic rings. The van der Waals surface area contributed by atoms with Crippen LogP contribution in [0, 0.1) is 0 Å². The molecule has 5 nitrogen and oxygen atoms in total. The zero-order chi connectivity index (χ0) is 19.1. The molecule has 0 saturated carbocycles. The number of ether oxygens (including phenoxy) is 1. The fourth-order valence-electron chi connectivity index (χ4n) is 1.66. The standard InChI is InChI=1S/C19H29NO4Si/c1-19(2,3)25(5,6)24-14-16(21)13-20-18(22)12-9-15-7-10-17(23-4)11-8-15/h7-12H,13-14H2,1-6H3,(H,20,22). The van der Waals surface area contributed by atoms with E-state index < -0.39 is 8.32 Å². The predicted molar refractivity (Wildman–Crippen MR) is 103 cm³/mol. The molecule has 0 aliphatic carbocycles. The number of hydrogen-bond donors (Lipinski definition) is 1. The van der Waals surface area contributed by atoms with Crippen LogP contribution in [0.2, 0.25) is 18.1 Å². The molecule has 1 amide bonds. The third-order valence-corrected chi connectivity index (χ3v) is 8.88. The van der Waals surface area contributed by atoms with Gasteiger partial charge in [-0.15, -0.1) is 0 Å². The monoisotopic (exact) mass is 363 g/mol. The molecule has 0 aliphatic rings. The van der Waals surface area contributed by atoms with Gasteiger partial charge in [-0.05, 0) is 41.9 Å². The van der Waals surface area contributed by atoms with E-state index in [2.05, 4.69) is 39.2 Å². The van der Waals surface area contributed by atoms with E-state index in [0.29, 0.717) is 0 Å². The van der Waals surface area contributed by atoms with Crippen molar-refractivity contribution in [1.82, 2.24) is 5.32 Å². The number of nitrogens with one attached hydrogen (secondary N) is 1. The molecular weight excluding hydrogens is 334 g/mol. The van der Waals surface area contributed by atoms with Gasteiger partial charge in [0.25, 0.3) is 0 Å². The molecule has 0 aliphatic heterocycles. The third kappa shape index (κ3) is 7.23. The van der Waals surface area contributed by atoms with E-state index in [4.69, 9.17) is 9.16 Å². The van der Waals surface area contributed by atoms with Gasteiger partial charge in [0.2, 0.25) is 5.91 Å². The summed E-state index contributed by atoms with van der Waals surface area (Å²) in [7, 11) is -0.348. The largest absolute Gasteiger partial charge is 0.497 e. The number of benzene rings is 1. The molecule has 0 heterocycles. The summed E-state index contributed by atoms with van der Waals surface area (Å²) in [6, 6.07) is 7.33. The van der Waals surface area contributed by atoms with Gasteiger partial charge in [-0.1, -0.05) is 32.9 Å². The van der Waals surface area contributed by atoms with Crippen molar-refractivity contribution < 1.29 is 18.8 Å².